The van der Waals surface area contributed by atoms with Gasteiger partial charge in [-0.25, -0.2) is 14.9 Å². The molecule has 0 radical (unpaired) electrons. The predicted octanol–water partition coefficient (Wildman–Crippen LogP) is 4.85. The van der Waals surface area contributed by atoms with Crippen LogP contribution in [-0.4, -0.2) is 27.8 Å². The van der Waals surface area contributed by atoms with Crippen molar-refractivity contribution in [3.05, 3.63) is 106 Å². The molecule has 178 valence electrons. The number of halogens is 1. The molecular weight excluding hydrogens is 484 g/mol. The fourth-order valence-corrected chi connectivity index (χ4v) is 5.08. The van der Waals surface area contributed by atoms with Crippen molar-refractivity contribution in [2.75, 3.05) is 9.96 Å². The zero-order valence-electron chi connectivity index (χ0n) is 18.5. The number of imide groups is 1. The summed E-state index contributed by atoms with van der Waals surface area (Å²) in [5, 5.41) is 13.6. The Morgan fingerprint density at radius 3 is 2.31 bits per heavy atom. The Balaban J connectivity index is 1.46. The summed E-state index contributed by atoms with van der Waals surface area (Å²) < 4.78 is 0. The van der Waals surface area contributed by atoms with Crippen LogP contribution in [0.25, 0.3) is 10.9 Å². The summed E-state index contributed by atoms with van der Waals surface area (Å²) in [6.07, 6.45) is -1.10. The van der Waals surface area contributed by atoms with E-state index < -0.39 is 34.8 Å². The Bertz CT molecular complexity index is 1530. The number of nitrogens with zero attached hydrogens (tertiary/aromatic N) is 4. The number of non-ortho nitro benzene ring substituents is 1. The van der Waals surface area contributed by atoms with Gasteiger partial charge in [0.15, 0.2) is 6.10 Å². The number of amides is 2. The maximum Gasteiger partial charge on any atom is 0.269 e. The number of fused-ring (bicyclic) bond motifs is 2. The Morgan fingerprint density at radius 1 is 0.889 bits per heavy atom. The highest BCUT2D eigenvalue weighted by molar-refractivity contribution is 6.31. The molecule has 2 amide bonds. The van der Waals surface area contributed by atoms with E-state index in [9.17, 15) is 19.7 Å². The maximum absolute atomic E-state index is 13.8. The number of hydroxylamine groups is 1. The van der Waals surface area contributed by atoms with E-state index in [1.807, 2.05) is 60.7 Å². The summed E-state index contributed by atoms with van der Waals surface area (Å²) in [5.41, 5.74) is 2.01. The van der Waals surface area contributed by atoms with Crippen molar-refractivity contribution in [1.82, 2.24) is 4.98 Å². The van der Waals surface area contributed by atoms with Crippen LogP contribution in [0.1, 0.15) is 11.6 Å². The van der Waals surface area contributed by atoms with Gasteiger partial charge in [-0.05, 0) is 36.4 Å². The maximum atomic E-state index is 13.8. The van der Waals surface area contributed by atoms with Crippen LogP contribution in [0.3, 0.4) is 0 Å². The molecule has 0 aliphatic carbocycles. The van der Waals surface area contributed by atoms with Gasteiger partial charge >= 0.3 is 0 Å². The molecule has 0 N–H and O–H groups in total. The van der Waals surface area contributed by atoms with Crippen LogP contribution in [0.15, 0.2) is 84.9 Å². The zero-order valence-corrected chi connectivity index (χ0v) is 19.3. The average molecular weight is 501 g/mol. The number of para-hydroxylation sites is 2. The van der Waals surface area contributed by atoms with Crippen LogP contribution < -0.4 is 9.96 Å². The highest BCUT2D eigenvalue weighted by Gasteiger charge is 2.60. The lowest BCUT2D eigenvalue weighted by Gasteiger charge is -2.29. The van der Waals surface area contributed by atoms with E-state index >= 15 is 0 Å². The van der Waals surface area contributed by atoms with Gasteiger partial charge in [-0.15, -0.1) is 0 Å². The molecule has 4 aromatic rings. The minimum Gasteiger partial charge on any atom is -0.273 e. The molecule has 2 aliphatic rings. The molecule has 1 aromatic heterocycles. The smallest absolute Gasteiger partial charge is 0.269 e. The molecule has 6 rings (SSSR count). The first-order valence-corrected chi connectivity index (χ1v) is 11.5. The van der Waals surface area contributed by atoms with E-state index in [1.165, 1.54) is 24.3 Å². The molecule has 2 saturated heterocycles. The molecule has 2 aliphatic heterocycles. The number of nitro groups is 1. The number of nitro benzene ring substituents is 1. The second kappa shape index (κ2) is 8.40. The minimum atomic E-state index is -1.10. The highest BCUT2D eigenvalue weighted by atomic mass is 35.5. The molecule has 0 saturated carbocycles. The first-order valence-electron chi connectivity index (χ1n) is 11.1. The van der Waals surface area contributed by atoms with Crippen LogP contribution in [-0.2, 0) is 14.4 Å². The van der Waals surface area contributed by atoms with Crippen LogP contribution >= 0.6 is 11.6 Å². The molecule has 36 heavy (non-hydrogen) atoms. The average Bonchev–Trinajstić information content (AvgIpc) is 3.40. The zero-order chi connectivity index (χ0) is 25.0. The number of hydrogen-bond donors (Lipinski definition) is 0. The first kappa shape index (κ1) is 22.1. The van der Waals surface area contributed by atoms with E-state index in [0.29, 0.717) is 16.8 Å². The van der Waals surface area contributed by atoms with Gasteiger partial charge in [0.1, 0.15) is 11.1 Å². The number of aromatic nitrogens is 1. The van der Waals surface area contributed by atoms with Gasteiger partial charge in [0.25, 0.3) is 11.6 Å². The molecular formula is C26H17ClN4O5. The van der Waals surface area contributed by atoms with Gasteiger partial charge in [-0.2, -0.15) is 0 Å². The number of rotatable bonds is 4. The first-order chi connectivity index (χ1) is 17.4. The van der Waals surface area contributed by atoms with E-state index in [1.54, 1.807) is 5.06 Å². The third-order valence-corrected chi connectivity index (χ3v) is 6.77. The van der Waals surface area contributed by atoms with Crippen molar-refractivity contribution in [3.63, 3.8) is 0 Å². The fraction of sp³-hybridized carbons (Fsp3) is 0.115. The number of carbonyl (C=O) groups is 2. The Kier molecular flexibility index (Phi) is 5.17. The van der Waals surface area contributed by atoms with E-state index in [4.69, 9.17) is 16.4 Å². The number of anilines is 2. The number of benzene rings is 3. The summed E-state index contributed by atoms with van der Waals surface area (Å²) >= 11 is 6.64. The third-order valence-electron chi connectivity index (χ3n) is 6.47. The van der Waals surface area contributed by atoms with E-state index in [-0.39, 0.29) is 16.5 Å². The van der Waals surface area contributed by atoms with E-state index in [2.05, 4.69) is 4.98 Å². The van der Waals surface area contributed by atoms with Gasteiger partial charge < -0.3 is 0 Å². The highest BCUT2D eigenvalue weighted by Crippen LogP contribution is 2.49. The van der Waals surface area contributed by atoms with Crippen molar-refractivity contribution in [1.29, 1.82) is 0 Å². The van der Waals surface area contributed by atoms with Crippen LogP contribution in [0.4, 0.5) is 17.1 Å². The van der Waals surface area contributed by atoms with Crippen molar-refractivity contribution >= 4 is 51.4 Å². The lowest BCUT2D eigenvalue weighted by Crippen LogP contribution is -2.37. The largest absolute Gasteiger partial charge is 0.273 e. The van der Waals surface area contributed by atoms with Gasteiger partial charge in [0.05, 0.1) is 27.9 Å². The normalized spacial score (nSPS) is 21.3. The summed E-state index contributed by atoms with van der Waals surface area (Å²) in [6.45, 7) is 0. The van der Waals surface area contributed by atoms with Crippen LogP contribution in [0.2, 0.25) is 5.15 Å². The molecule has 3 aromatic carbocycles. The van der Waals surface area contributed by atoms with Crippen LogP contribution in [0, 0.1) is 16.0 Å². The quantitative estimate of drug-likeness (QED) is 0.171. The molecule has 0 spiro atoms. The monoisotopic (exact) mass is 500 g/mol. The lowest BCUT2D eigenvalue weighted by molar-refractivity contribution is -0.384. The van der Waals surface area contributed by atoms with Crippen molar-refractivity contribution in [3.8, 4) is 0 Å². The van der Waals surface area contributed by atoms with Crippen molar-refractivity contribution in [2.24, 2.45) is 5.92 Å². The summed E-state index contributed by atoms with van der Waals surface area (Å²) in [4.78, 5) is 49.4. The van der Waals surface area contributed by atoms with Gasteiger partial charge in [0.2, 0.25) is 5.91 Å². The fourth-order valence-electron chi connectivity index (χ4n) is 4.82. The van der Waals surface area contributed by atoms with Crippen molar-refractivity contribution in [2.45, 2.75) is 12.1 Å². The van der Waals surface area contributed by atoms with Crippen LogP contribution in [0.5, 0.6) is 0 Å². The van der Waals surface area contributed by atoms with Gasteiger partial charge in [0, 0.05) is 23.1 Å². The summed E-state index contributed by atoms with van der Waals surface area (Å²) in [6, 6.07) is 23.0. The number of carbonyl (C=O) groups excluding carboxylic acids is 2. The summed E-state index contributed by atoms with van der Waals surface area (Å²) in [7, 11) is 0. The standard InChI is InChI=1S/C26H17ClN4O5/c27-24-19(14-15-6-4-5-9-20(15)28-24)22-21-23(36-30(22)17-7-2-1-3-8-17)26(33)29(25(21)32)16-10-12-18(13-11-16)31(34)35/h1-14,21-23H/t21-,22-,23-/m0/s1. The number of hydrogen-bond acceptors (Lipinski definition) is 7. The van der Waals surface area contributed by atoms with E-state index in [0.717, 1.165) is 10.3 Å². The van der Waals surface area contributed by atoms with Gasteiger partial charge in [-0.1, -0.05) is 48.0 Å². The lowest BCUT2D eigenvalue weighted by atomic mass is 9.90. The molecule has 3 atom stereocenters. The Morgan fingerprint density at radius 2 is 1.58 bits per heavy atom. The second-order valence-electron chi connectivity index (χ2n) is 8.50. The molecule has 10 heteroatoms. The predicted molar refractivity (Wildman–Crippen MR) is 132 cm³/mol. The number of pyridine rings is 1. The Labute approximate surface area is 209 Å². The molecule has 9 nitrogen and oxygen atoms in total. The molecule has 0 bridgehead atoms. The molecule has 0 unspecified atom stereocenters. The third kappa shape index (κ3) is 3.40. The van der Waals surface area contributed by atoms with Gasteiger partial charge in [-0.3, -0.25) is 24.5 Å². The Hall–Kier alpha value is -4.34. The van der Waals surface area contributed by atoms with Crippen molar-refractivity contribution < 1.29 is 19.3 Å². The second-order valence-corrected chi connectivity index (χ2v) is 8.86. The topological polar surface area (TPSA) is 106 Å². The molecule has 2 fully saturated rings. The summed E-state index contributed by atoms with van der Waals surface area (Å²) in [5.74, 6) is -1.94. The molecule has 3 heterocycles. The minimum absolute atomic E-state index is 0.142. The SMILES string of the molecule is O=C1[C@@H]2[C@H](ON(c3ccccc3)[C@H]2c2cc3ccccc3nc2Cl)C(=O)N1c1ccc([N+](=O)[O-])cc1.